The molecule has 0 fully saturated rings. The lowest BCUT2D eigenvalue weighted by atomic mass is 10.1. The van der Waals surface area contributed by atoms with Crippen molar-refractivity contribution >= 4 is 17.3 Å². The van der Waals surface area contributed by atoms with Crippen LogP contribution in [0.4, 0.5) is 5.69 Å². The van der Waals surface area contributed by atoms with Gasteiger partial charge in [0.25, 0.3) is 0 Å². The number of halogens is 1. The van der Waals surface area contributed by atoms with E-state index in [2.05, 4.69) is 4.98 Å². The first kappa shape index (κ1) is 10.8. The fourth-order valence-corrected chi connectivity index (χ4v) is 1.68. The minimum atomic E-state index is 0.611. The lowest BCUT2D eigenvalue weighted by molar-refractivity contribution is 0.416. The number of hydrogen-bond acceptors (Lipinski definition) is 3. The van der Waals surface area contributed by atoms with Crippen LogP contribution in [-0.2, 0) is 0 Å². The average molecular weight is 235 g/mol. The molecule has 3 nitrogen and oxygen atoms in total. The molecule has 0 aliphatic heterocycles. The average Bonchev–Trinajstić information content (AvgIpc) is 2.29. The number of rotatable bonds is 2. The Labute approximate surface area is 98.8 Å². The van der Waals surface area contributed by atoms with Crippen LogP contribution in [0, 0.1) is 0 Å². The number of anilines is 1. The summed E-state index contributed by atoms with van der Waals surface area (Å²) in [7, 11) is 1.62. The molecule has 0 radical (unpaired) electrons. The van der Waals surface area contributed by atoms with E-state index in [0.29, 0.717) is 10.7 Å². The van der Waals surface area contributed by atoms with E-state index in [1.165, 1.54) is 0 Å². The number of nitrogens with zero attached hydrogens (tertiary/aromatic N) is 1. The Kier molecular flexibility index (Phi) is 2.97. The van der Waals surface area contributed by atoms with E-state index >= 15 is 0 Å². The fourth-order valence-electron chi connectivity index (χ4n) is 1.51. The highest BCUT2D eigenvalue weighted by Gasteiger charge is 2.07. The number of benzene rings is 1. The van der Waals surface area contributed by atoms with Gasteiger partial charge in [0.1, 0.15) is 5.75 Å². The number of hydrogen-bond donors (Lipinski definition) is 1. The standard InChI is InChI=1S/C12H11ClN2O/c1-16-12-3-2-9(13)5-11(12)8-4-10(14)7-15-6-8/h2-7H,14H2,1H3. The summed E-state index contributed by atoms with van der Waals surface area (Å²) in [4.78, 5) is 4.04. The van der Waals surface area contributed by atoms with Gasteiger partial charge in [-0.1, -0.05) is 11.6 Å². The molecule has 0 bridgehead atoms. The Balaban J connectivity index is 2.58. The SMILES string of the molecule is COc1ccc(Cl)cc1-c1cncc(N)c1. The maximum Gasteiger partial charge on any atom is 0.126 e. The summed E-state index contributed by atoms with van der Waals surface area (Å²) in [5.74, 6) is 0.747. The van der Waals surface area contributed by atoms with Gasteiger partial charge in [-0.05, 0) is 24.3 Å². The first-order valence-electron chi connectivity index (χ1n) is 4.75. The summed E-state index contributed by atoms with van der Waals surface area (Å²) < 4.78 is 5.27. The van der Waals surface area contributed by atoms with Gasteiger partial charge in [0.15, 0.2) is 0 Å². The number of aromatic nitrogens is 1. The van der Waals surface area contributed by atoms with E-state index in [4.69, 9.17) is 22.1 Å². The molecule has 0 aliphatic carbocycles. The molecular formula is C12H11ClN2O. The third-order valence-electron chi connectivity index (χ3n) is 2.23. The van der Waals surface area contributed by atoms with Gasteiger partial charge in [-0.15, -0.1) is 0 Å². The van der Waals surface area contributed by atoms with E-state index in [1.54, 1.807) is 25.6 Å². The molecule has 0 spiro atoms. The molecule has 1 aromatic carbocycles. The topological polar surface area (TPSA) is 48.1 Å². The van der Waals surface area contributed by atoms with Crippen molar-refractivity contribution in [3.8, 4) is 16.9 Å². The second kappa shape index (κ2) is 4.41. The lowest BCUT2D eigenvalue weighted by Crippen LogP contribution is -1.91. The van der Waals surface area contributed by atoms with Crippen LogP contribution in [0.15, 0.2) is 36.7 Å². The molecule has 0 amide bonds. The summed E-state index contributed by atoms with van der Waals surface area (Å²) in [5.41, 5.74) is 8.07. The van der Waals surface area contributed by atoms with Gasteiger partial charge in [0.2, 0.25) is 0 Å². The van der Waals surface area contributed by atoms with Gasteiger partial charge in [-0.3, -0.25) is 4.98 Å². The van der Waals surface area contributed by atoms with Gasteiger partial charge in [0, 0.05) is 28.5 Å². The maximum absolute atomic E-state index is 5.96. The number of nitrogen functional groups attached to an aromatic ring is 1. The Morgan fingerprint density at radius 3 is 2.75 bits per heavy atom. The monoisotopic (exact) mass is 234 g/mol. The van der Waals surface area contributed by atoms with Gasteiger partial charge >= 0.3 is 0 Å². The zero-order chi connectivity index (χ0) is 11.5. The normalized spacial score (nSPS) is 10.1. The summed E-state index contributed by atoms with van der Waals surface area (Å²) in [5, 5.41) is 0.651. The predicted octanol–water partition coefficient (Wildman–Crippen LogP) is 2.99. The molecule has 0 aliphatic rings. The summed E-state index contributed by atoms with van der Waals surface area (Å²) >= 11 is 5.96. The minimum absolute atomic E-state index is 0.611. The Bertz CT molecular complexity index is 514. The molecule has 2 aromatic rings. The van der Waals surface area contributed by atoms with E-state index in [1.807, 2.05) is 18.2 Å². The van der Waals surface area contributed by atoms with E-state index in [9.17, 15) is 0 Å². The molecule has 0 atom stereocenters. The molecule has 2 rings (SSSR count). The summed E-state index contributed by atoms with van der Waals surface area (Å²) in [6.45, 7) is 0. The molecule has 0 saturated carbocycles. The summed E-state index contributed by atoms with van der Waals surface area (Å²) in [6.07, 6.45) is 3.32. The number of pyridine rings is 1. The van der Waals surface area contributed by atoms with Crippen molar-refractivity contribution in [2.24, 2.45) is 0 Å². The Hall–Kier alpha value is -1.74. The lowest BCUT2D eigenvalue weighted by Gasteiger charge is -2.09. The second-order valence-corrected chi connectivity index (χ2v) is 3.79. The van der Waals surface area contributed by atoms with Gasteiger partial charge < -0.3 is 10.5 Å². The Morgan fingerprint density at radius 1 is 1.25 bits per heavy atom. The van der Waals surface area contributed by atoms with Crippen LogP contribution in [0.2, 0.25) is 5.02 Å². The first-order valence-corrected chi connectivity index (χ1v) is 5.13. The molecule has 4 heteroatoms. The molecule has 0 saturated heterocycles. The second-order valence-electron chi connectivity index (χ2n) is 3.35. The molecule has 1 aromatic heterocycles. The molecule has 82 valence electrons. The van der Waals surface area contributed by atoms with Crippen molar-refractivity contribution in [1.82, 2.24) is 4.98 Å². The molecule has 2 N–H and O–H groups in total. The van der Waals surface area contributed by atoms with Gasteiger partial charge in [0.05, 0.1) is 12.8 Å². The molecular weight excluding hydrogens is 224 g/mol. The van der Waals surface area contributed by atoms with Crippen molar-refractivity contribution in [1.29, 1.82) is 0 Å². The van der Waals surface area contributed by atoms with Crippen molar-refractivity contribution in [2.75, 3.05) is 12.8 Å². The molecule has 16 heavy (non-hydrogen) atoms. The molecule has 1 heterocycles. The van der Waals surface area contributed by atoms with Crippen LogP contribution in [0.3, 0.4) is 0 Å². The van der Waals surface area contributed by atoms with Crippen LogP contribution in [-0.4, -0.2) is 12.1 Å². The quantitative estimate of drug-likeness (QED) is 0.869. The number of methoxy groups -OCH3 is 1. The van der Waals surface area contributed by atoms with Crippen LogP contribution in [0.1, 0.15) is 0 Å². The van der Waals surface area contributed by atoms with Crippen molar-refractivity contribution in [3.05, 3.63) is 41.7 Å². The van der Waals surface area contributed by atoms with E-state index < -0.39 is 0 Å². The van der Waals surface area contributed by atoms with Crippen molar-refractivity contribution in [2.45, 2.75) is 0 Å². The van der Waals surface area contributed by atoms with E-state index in [0.717, 1.165) is 16.9 Å². The van der Waals surface area contributed by atoms with Gasteiger partial charge in [-0.25, -0.2) is 0 Å². The highest BCUT2D eigenvalue weighted by molar-refractivity contribution is 6.31. The smallest absolute Gasteiger partial charge is 0.126 e. The van der Waals surface area contributed by atoms with Crippen LogP contribution >= 0.6 is 11.6 Å². The zero-order valence-electron chi connectivity index (χ0n) is 8.77. The predicted molar refractivity (Wildman–Crippen MR) is 65.6 cm³/mol. The van der Waals surface area contributed by atoms with Crippen LogP contribution in [0.25, 0.3) is 11.1 Å². The van der Waals surface area contributed by atoms with E-state index in [-0.39, 0.29) is 0 Å². The van der Waals surface area contributed by atoms with Crippen LogP contribution in [0.5, 0.6) is 5.75 Å². The largest absolute Gasteiger partial charge is 0.496 e. The first-order chi connectivity index (χ1) is 7.70. The highest BCUT2D eigenvalue weighted by Crippen LogP contribution is 2.32. The van der Waals surface area contributed by atoms with Crippen LogP contribution < -0.4 is 10.5 Å². The maximum atomic E-state index is 5.96. The Morgan fingerprint density at radius 2 is 2.06 bits per heavy atom. The van der Waals surface area contributed by atoms with Crippen molar-refractivity contribution < 1.29 is 4.74 Å². The van der Waals surface area contributed by atoms with Crippen molar-refractivity contribution in [3.63, 3.8) is 0 Å². The third-order valence-corrected chi connectivity index (χ3v) is 2.47. The van der Waals surface area contributed by atoms with Gasteiger partial charge in [-0.2, -0.15) is 0 Å². The number of ether oxygens (including phenoxy) is 1. The molecule has 0 unspecified atom stereocenters. The highest BCUT2D eigenvalue weighted by atomic mass is 35.5. The minimum Gasteiger partial charge on any atom is -0.496 e. The number of nitrogens with two attached hydrogens (primary N) is 1. The zero-order valence-corrected chi connectivity index (χ0v) is 9.53. The summed E-state index contributed by atoms with van der Waals surface area (Å²) in [6, 6.07) is 7.27. The fraction of sp³-hybridized carbons (Fsp3) is 0.0833. The third kappa shape index (κ3) is 2.09.